The van der Waals surface area contributed by atoms with E-state index < -0.39 is 0 Å². The summed E-state index contributed by atoms with van der Waals surface area (Å²) >= 11 is 0. The van der Waals surface area contributed by atoms with Gasteiger partial charge in [0.25, 0.3) is 0 Å². The van der Waals surface area contributed by atoms with Gasteiger partial charge in [0.05, 0.1) is 29.0 Å². The van der Waals surface area contributed by atoms with Gasteiger partial charge in [0, 0.05) is 50.2 Å². The lowest BCUT2D eigenvalue weighted by Gasteiger charge is -2.25. The van der Waals surface area contributed by atoms with Crippen LogP contribution >= 0.6 is 0 Å². The first-order valence-electron chi connectivity index (χ1n) is 19.3. The minimum absolute atomic E-state index is 0.560. The molecule has 0 amide bonds. The molecule has 10 rings (SSSR count). The molecule has 5 nitrogen and oxygen atoms in total. The standard InChI is InChI=1S/C53H35N5/c1-54-42-17-13-16-41(34-42)53-55-49(39-14-5-2-6-15-39)36-50(56-53)40-26-24-37(25-27-40)38-28-30-45(31-29-38)58-51-23-12-11-22-47(51)48-35-46(32-33-52(48)58)57(43-18-7-3-8-19-43)44-20-9-4-10-21-44/h2-36H. The van der Waals surface area contributed by atoms with Crippen LogP contribution in [0.5, 0.6) is 0 Å². The van der Waals surface area contributed by atoms with Crippen LogP contribution in [0.15, 0.2) is 212 Å². The molecule has 5 heteroatoms. The molecule has 272 valence electrons. The van der Waals surface area contributed by atoms with Gasteiger partial charge < -0.3 is 9.47 Å². The molecule has 0 saturated heterocycles. The Morgan fingerprint density at radius 3 is 1.59 bits per heavy atom. The van der Waals surface area contributed by atoms with Gasteiger partial charge in [-0.1, -0.05) is 140 Å². The Morgan fingerprint density at radius 1 is 0.397 bits per heavy atom. The minimum Gasteiger partial charge on any atom is -0.310 e. The highest BCUT2D eigenvalue weighted by Crippen LogP contribution is 2.40. The van der Waals surface area contributed by atoms with E-state index >= 15 is 0 Å². The molecule has 0 N–H and O–H groups in total. The Bertz CT molecular complexity index is 3050. The summed E-state index contributed by atoms with van der Waals surface area (Å²) in [5.41, 5.74) is 14.0. The first-order valence-corrected chi connectivity index (χ1v) is 19.3. The van der Waals surface area contributed by atoms with Crippen LogP contribution in [0, 0.1) is 6.57 Å². The van der Waals surface area contributed by atoms with E-state index in [1.807, 2.05) is 42.5 Å². The van der Waals surface area contributed by atoms with Gasteiger partial charge in [0.2, 0.25) is 0 Å². The van der Waals surface area contributed by atoms with Crippen LogP contribution in [0.3, 0.4) is 0 Å². The van der Waals surface area contributed by atoms with E-state index in [0.717, 1.165) is 73.0 Å². The van der Waals surface area contributed by atoms with Crippen molar-refractivity contribution in [2.75, 3.05) is 4.90 Å². The van der Waals surface area contributed by atoms with Crippen LogP contribution in [0.1, 0.15) is 0 Å². The second kappa shape index (κ2) is 14.9. The van der Waals surface area contributed by atoms with Gasteiger partial charge in [-0.25, -0.2) is 14.8 Å². The average Bonchev–Trinajstić information content (AvgIpc) is 3.64. The third-order valence-electron chi connectivity index (χ3n) is 10.6. The number of nitrogens with zero attached hydrogens (tertiary/aromatic N) is 5. The van der Waals surface area contributed by atoms with Gasteiger partial charge >= 0.3 is 0 Å². The first kappa shape index (κ1) is 34.4. The number of hydrogen-bond donors (Lipinski definition) is 0. The van der Waals surface area contributed by atoms with Crippen molar-refractivity contribution in [1.29, 1.82) is 0 Å². The van der Waals surface area contributed by atoms with Gasteiger partial charge in [-0.15, -0.1) is 0 Å². The maximum Gasteiger partial charge on any atom is 0.187 e. The zero-order chi connectivity index (χ0) is 38.8. The van der Waals surface area contributed by atoms with Gasteiger partial charge in [-0.2, -0.15) is 0 Å². The Balaban J connectivity index is 0.992. The van der Waals surface area contributed by atoms with Crippen molar-refractivity contribution in [3.8, 4) is 50.7 Å². The summed E-state index contributed by atoms with van der Waals surface area (Å²) in [6.45, 7) is 7.51. The van der Waals surface area contributed by atoms with E-state index in [4.69, 9.17) is 16.5 Å². The van der Waals surface area contributed by atoms with Crippen LogP contribution in [-0.4, -0.2) is 14.5 Å². The summed E-state index contributed by atoms with van der Waals surface area (Å²) < 4.78 is 2.36. The van der Waals surface area contributed by atoms with Crippen LogP contribution in [0.25, 0.3) is 77.4 Å². The molecule has 0 spiro atoms. The fourth-order valence-corrected chi connectivity index (χ4v) is 7.81. The fourth-order valence-electron chi connectivity index (χ4n) is 7.81. The molecule has 0 atom stereocenters. The number of anilines is 3. The number of benzene rings is 8. The summed E-state index contributed by atoms with van der Waals surface area (Å²) in [5.74, 6) is 0.590. The molecule has 0 fully saturated rings. The smallest absolute Gasteiger partial charge is 0.187 e. The van der Waals surface area contributed by atoms with Crippen molar-refractivity contribution in [2.45, 2.75) is 0 Å². The summed E-state index contributed by atoms with van der Waals surface area (Å²) in [6.07, 6.45) is 0. The SMILES string of the molecule is [C-]#[N+]c1cccc(-c2nc(-c3ccccc3)cc(-c3ccc(-c4ccc(-n5c6ccccc6c6cc(N(c7ccccc7)c7ccccc7)ccc65)cc4)cc3)n2)c1. The number of rotatable bonds is 8. The molecule has 0 aliphatic heterocycles. The second-order valence-corrected chi connectivity index (χ2v) is 14.2. The average molecular weight is 742 g/mol. The molecule has 0 aliphatic rings. The lowest BCUT2D eigenvalue weighted by atomic mass is 10.0. The van der Waals surface area contributed by atoms with Crippen LogP contribution < -0.4 is 4.90 Å². The third-order valence-corrected chi connectivity index (χ3v) is 10.6. The molecule has 2 heterocycles. The summed E-state index contributed by atoms with van der Waals surface area (Å²) in [5, 5.41) is 2.41. The lowest BCUT2D eigenvalue weighted by molar-refractivity contribution is 1.18. The van der Waals surface area contributed by atoms with Gasteiger partial charge in [0.1, 0.15) is 0 Å². The highest BCUT2D eigenvalue weighted by molar-refractivity contribution is 6.10. The molecule has 2 aromatic heterocycles. The molecule has 0 unspecified atom stereocenters. The van der Waals surface area contributed by atoms with E-state index in [2.05, 4.69) is 178 Å². The predicted molar refractivity (Wildman–Crippen MR) is 239 cm³/mol. The van der Waals surface area contributed by atoms with Crippen molar-refractivity contribution < 1.29 is 0 Å². The molecule has 58 heavy (non-hydrogen) atoms. The number of fused-ring (bicyclic) bond motifs is 3. The Morgan fingerprint density at radius 2 is 0.931 bits per heavy atom. The van der Waals surface area contributed by atoms with Crippen molar-refractivity contribution in [2.24, 2.45) is 0 Å². The van der Waals surface area contributed by atoms with Crippen molar-refractivity contribution in [3.63, 3.8) is 0 Å². The highest BCUT2D eigenvalue weighted by Gasteiger charge is 2.17. The van der Waals surface area contributed by atoms with E-state index in [1.165, 1.54) is 10.8 Å². The maximum absolute atomic E-state index is 7.51. The number of hydrogen-bond acceptors (Lipinski definition) is 3. The normalized spacial score (nSPS) is 11.1. The van der Waals surface area contributed by atoms with Crippen LogP contribution in [0.4, 0.5) is 22.7 Å². The Kier molecular flexibility index (Phi) is 8.83. The monoisotopic (exact) mass is 741 g/mol. The maximum atomic E-state index is 7.51. The quantitative estimate of drug-likeness (QED) is 0.146. The van der Waals surface area contributed by atoms with E-state index in [9.17, 15) is 0 Å². The molecular weight excluding hydrogens is 707 g/mol. The molecular formula is C53H35N5. The van der Waals surface area contributed by atoms with E-state index in [-0.39, 0.29) is 0 Å². The van der Waals surface area contributed by atoms with Crippen molar-refractivity contribution in [3.05, 3.63) is 224 Å². The Hall–Kier alpha value is -8.07. The van der Waals surface area contributed by atoms with E-state index in [1.54, 1.807) is 6.07 Å². The second-order valence-electron chi connectivity index (χ2n) is 14.2. The number of aromatic nitrogens is 3. The van der Waals surface area contributed by atoms with Crippen molar-refractivity contribution in [1.82, 2.24) is 14.5 Å². The van der Waals surface area contributed by atoms with Gasteiger partial charge in [-0.05, 0) is 83.9 Å². The highest BCUT2D eigenvalue weighted by atomic mass is 15.1. The third kappa shape index (κ3) is 6.45. The summed E-state index contributed by atoms with van der Waals surface area (Å²) in [4.78, 5) is 15.9. The van der Waals surface area contributed by atoms with Gasteiger partial charge in [-0.3, -0.25) is 0 Å². The topological polar surface area (TPSA) is 38.3 Å². The van der Waals surface area contributed by atoms with Crippen LogP contribution in [0.2, 0.25) is 0 Å². The van der Waals surface area contributed by atoms with Crippen molar-refractivity contribution >= 4 is 44.6 Å². The largest absolute Gasteiger partial charge is 0.310 e. The van der Waals surface area contributed by atoms with Crippen LogP contribution in [-0.2, 0) is 0 Å². The fraction of sp³-hybridized carbons (Fsp3) is 0. The van der Waals surface area contributed by atoms with Gasteiger partial charge in [0.15, 0.2) is 11.5 Å². The summed E-state index contributed by atoms with van der Waals surface area (Å²) in [7, 11) is 0. The molecule has 8 aromatic carbocycles. The molecule has 0 radical (unpaired) electrons. The molecule has 10 aromatic rings. The molecule has 0 bridgehead atoms. The zero-order valence-electron chi connectivity index (χ0n) is 31.4. The Labute approximate surface area is 337 Å². The summed E-state index contributed by atoms with van der Waals surface area (Å²) in [6, 6.07) is 73.6. The molecule has 0 saturated carbocycles. The predicted octanol–water partition coefficient (Wildman–Crippen LogP) is 14.3. The van der Waals surface area contributed by atoms with E-state index in [0.29, 0.717) is 11.5 Å². The zero-order valence-corrected chi connectivity index (χ0v) is 31.4. The minimum atomic E-state index is 0.560. The first-order chi connectivity index (χ1) is 28.7. The number of para-hydroxylation sites is 3. The molecule has 0 aliphatic carbocycles. The lowest BCUT2D eigenvalue weighted by Crippen LogP contribution is -2.09.